The average molecular weight is 322 g/mol. The lowest BCUT2D eigenvalue weighted by atomic mass is 10.1. The van der Waals surface area contributed by atoms with Crippen molar-refractivity contribution < 1.29 is 13.2 Å². The minimum atomic E-state index is -2.97. The van der Waals surface area contributed by atoms with Crippen LogP contribution in [0.1, 0.15) is 18.9 Å². The minimum absolute atomic E-state index is 0.00865. The molecular formula is C16H22N2O3S. The zero-order chi connectivity index (χ0) is 15.9. The van der Waals surface area contributed by atoms with E-state index in [1.165, 1.54) is 5.56 Å². The summed E-state index contributed by atoms with van der Waals surface area (Å²) in [6.45, 7) is 2.43. The molecule has 3 rings (SSSR count). The fourth-order valence-corrected chi connectivity index (χ4v) is 5.19. The number of fused-ring (bicyclic) bond motifs is 1. The molecule has 0 radical (unpaired) electrons. The Labute approximate surface area is 131 Å². The van der Waals surface area contributed by atoms with E-state index in [4.69, 9.17) is 0 Å². The summed E-state index contributed by atoms with van der Waals surface area (Å²) in [5.41, 5.74) is 2.39. The standard InChI is InChI=1S/C16H22N2O3S/c1-12-9-13-5-3-4-6-15(13)18(12)10-16(19)17(2)14-7-8-22(20,21)11-14/h3-6,12,14H,7-11H2,1-2H3/t12-,14+/m1/s1. The van der Waals surface area contributed by atoms with Crippen LogP contribution < -0.4 is 4.90 Å². The third-order valence-corrected chi connectivity index (χ3v) is 6.55. The van der Waals surface area contributed by atoms with Gasteiger partial charge in [0.05, 0.1) is 18.1 Å². The number of nitrogens with zero attached hydrogens (tertiary/aromatic N) is 2. The lowest BCUT2D eigenvalue weighted by Gasteiger charge is -2.29. The van der Waals surface area contributed by atoms with E-state index in [0.717, 1.165) is 12.1 Å². The molecule has 2 atom stereocenters. The van der Waals surface area contributed by atoms with E-state index in [2.05, 4.69) is 17.9 Å². The number of likely N-dealkylation sites (N-methyl/N-ethyl adjacent to an activating group) is 1. The Hall–Kier alpha value is -1.56. The van der Waals surface area contributed by atoms with Gasteiger partial charge < -0.3 is 9.80 Å². The summed E-state index contributed by atoms with van der Waals surface area (Å²) in [6, 6.07) is 8.27. The Morgan fingerprint density at radius 2 is 2.09 bits per heavy atom. The summed E-state index contributed by atoms with van der Waals surface area (Å²) in [6.07, 6.45) is 1.50. The first-order valence-corrected chi connectivity index (χ1v) is 9.50. The number of amides is 1. The highest BCUT2D eigenvalue weighted by Gasteiger charge is 2.34. The molecule has 6 heteroatoms. The molecule has 1 saturated heterocycles. The van der Waals surface area contributed by atoms with Crippen molar-refractivity contribution in [3.8, 4) is 0 Å². The van der Waals surface area contributed by atoms with Gasteiger partial charge in [-0.2, -0.15) is 0 Å². The molecule has 2 aliphatic heterocycles. The summed E-state index contributed by atoms with van der Waals surface area (Å²) in [5, 5.41) is 0. The third-order valence-electron chi connectivity index (χ3n) is 4.80. The second-order valence-electron chi connectivity index (χ2n) is 6.37. The van der Waals surface area contributed by atoms with Gasteiger partial charge in [-0.1, -0.05) is 18.2 Å². The molecule has 5 nitrogen and oxygen atoms in total. The second-order valence-corrected chi connectivity index (χ2v) is 8.60. The molecule has 0 aliphatic carbocycles. The molecule has 0 unspecified atom stereocenters. The first kappa shape index (κ1) is 15.3. The molecule has 22 heavy (non-hydrogen) atoms. The van der Waals surface area contributed by atoms with E-state index in [9.17, 15) is 13.2 Å². The van der Waals surface area contributed by atoms with Gasteiger partial charge in [0, 0.05) is 24.8 Å². The molecule has 0 saturated carbocycles. The van der Waals surface area contributed by atoms with Crippen LogP contribution in [-0.2, 0) is 21.1 Å². The maximum Gasteiger partial charge on any atom is 0.242 e. The smallest absolute Gasteiger partial charge is 0.242 e. The van der Waals surface area contributed by atoms with Gasteiger partial charge in [-0.15, -0.1) is 0 Å². The molecule has 1 aromatic carbocycles. The van der Waals surface area contributed by atoms with E-state index in [1.807, 2.05) is 18.2 Å². The van der Waals surface area contributed by atoms with Crippen LogP contribution in [0.2, 0.25) is 0 Å². The van der Waals surface area contributed by atoms with Crippen molar-refractivity contribution in [2.45, 2.75) is 31.8 Å². The fourth-order valence-electron chi connectivity index (χ4n) is 3.41. The molecule has 0 bridgehead atoms. The number of hydrogen-bond donors (Lipinski definition) is 0. The SMILES string of the molecule is C[C@@H]1Cc2ccccc2N1CC(=O)N(C)[C@H]1CCS(=O)(=O)C1. The largest absolute Gasteiger partial charge is 0.359 e. The Kier molecular flexibility index (Phi) is 3.89. The van der Waals surface area contributed by atoms with Crippen molar-refractivity contribution in [3.63, 3.8) is 0 Å². The number of sulfone groups is 1. The minimum Gasteiger partial charge on any atom is -0.359 e. The van der Waals surface area contributed by atoms with Crippen LogP contribution in [0.25, 0.3) is 0 Å². The van der Waals surface area contributed by atoms with Crippen molar-refractivity contribution in [2.24, 2.45) is 0 Å². The fraction of sp³-hybridized carbons (Fsp3) is 0.562. The molecule has 1 amide bonds. The summed E-state index contributed by atoms with van der Waals surface area (Å²) in [4.78, 5) is 16.3. The van der Waals surface area contributed by atoms with Crippen LogP contribution in [0.4, 0.5) is 5.69 Å². The Balaban J connectivity index is 1.70. The summed E-state index contributed by atoms with van der Waals surface area (Å²) in [7, 11) is -1.25. The summed E-state index contributed by atoms with van der Waals surface area (Å²) in [5.74, 6) is 0.283. The topological polar surface area (TPSA) is 57.7 Å². The molecule has 1 aromatic rings. The van der Waals surface area contributed by atoms with Gasteiger partial charge in [-0.3, -0.25) is 4.79 Å². The molecular weight excluding hydrogens is 300 g/mol. The van der Waals surface area contributed by atoms with Crippen LogP contribution in [0.3, 0.4) is 0 Å². The lowest BCUT2D eigenvalue weighted by molar-refractivity contribution is -0.130. The number of benzene rings is 1. The average Bonchev–Trinajstić information content (AvgIpc) is 2.98. The molecule has 0 spiro atoms. The number of rotatable bonds is 3. The van der Waals surface area contributed by atoms with Crippen LogP contribution in [0, 0.1) is 0 Å². The Bertz CT molecular complexity index is 686. The number of carbonyl (C=O) groups is 1. The summed E-state index contributed by atoms with van der Waals surface area (Å²) < 4.78 is 23.2. The monoisotopic (exact) mass is 322 g/mol. The number of hydrogen-bond acceptors (Lipinski definition) is 4. The second kappa shape index (κ2) is 5.57. The molecule has 0 aromatic heterocycles. The van der Waals surface area contributed by atoms with Crippen LogP contribution >= 0.6 is 0 Å². The predicted octanol–water partition coefficient (Wildman–Crippen LogP) is 1.08. The van der Waals surface area contributed by atoms with Crippen LogP contribution in [0.5, 0.6) is 0 Å². The van der Waals surface area contributed by atoms with Crippen LogP contribution in [-0.4, -0.2) is 56.4 Å². The first-order chi connectivity index (χ1) is 10.4. The van der Waals surface area contributed by atoms with Crippen molar-refractivity contribution in [2.75, 3.05) is 30.0 Å². The first-order valence-electron chi connectivity index (χ1n) is 7.68. The number of carbonyl (C=O) groups excluding carboxylic acids is 1. The Morgan fingerprint density at radius 3 is 2.77 bits per heavy atom. The van der Waals surface area contributed by atoms with E-state index < -0.39 is 9.84 Å². The molecule has 1 fully saturated rings. The van der Waals surface area contributed by atoms with Gasteiger partial charge in [0.15, 0.2) is 9.84 Å². The van der Waals surface area contributed by atoms with Gasteiger partial charge in [0.1, 0.15) is 0 Å². The zero-order valence-electron chi connectivity index (χ0n) is 13.0. The molecule has 120 valence electrons. The molecule has 2 heterocycles. The Morgan fingerprint density at radius 1 is 1.36 bits per heavy atom. The van der Waals surface area contributed by atoms with Crippen molar-refractivity contribution in [1.82, 2.24) is 4.90 Å². The van der Waals surface area contributed by atoms with Crippen LogP contribution in [0.15, 0.2) is 24.3 Å². The maximum absolute atomic E-state index is 12.5. The quantitative estimate of drug-likeness (QED) is 0.836. The van der Waals surface area contributed by atoms with Crippen molar-refractivity contribution in [1.29, 1.82) is 0 Å². The normalized spacial score (nSPS) is 26.0. The summed E-state index contributed by atoms with van der Waals surface area (Å²) >= 11 is 0. The van der Waals surface area contributed by atoms with E-state index >= 15 is 0 Å². The van der Waals surface area contributed by atoms with E-state index in [-0.39, 0.29) is 23.5 Å². The van der Waals surface area contributed by atoms with E-state index in [0.29, 0.717) is 19.0 Å². The van der Waals surface area contributed by atoms with Crippen molar-refractivity contribution in [3.05, 3.63) is 29.8 Å². The number of anilines is 1. The molecule has 2 aliphatic rings. The van der Waals surface area contributed by atoms with Gasteiger partial charge in [-0.05, 0) is 31.4 Å². The highest BCUT2D eigenvalue weighted by atomic mass is 32.2. The van der Waals surface area contributed by atoms with Gasteiger partial charge >= 0.3 is 0 Å². The highest BCUT2D eigenvalue weighted by molar-refractivity contribution is 7.91. The highest BCUT2D eigenvalue weighted by Crippen LogP contribution is 2.31. The van der Waals surface area contributed by atoms with Crippen molar-refractivity contribution >= 4 is 21.4 Å². The third kappa shape index (κ3) is 2.84. The number of para-hydroxylation sites is 1. The predicted molar refractivity (Wildman–Crippen MR) is 86.8 cm³/mol. The zero-order valence-corrected chi connectivity index (χ0v) is 13.8. The lowest BCUT2D eigenvalue weighted by Crippen LogP contribution is -2.45. The van der Waals surface area contributed by atoms with Gasteiger partial charge in [0.2, 0.25) is 5.91 Å². The van der Waals surface area contributed by atoms with E-state index in [1.54, 1.807) is 11.9 Å². The molecule has 0 N–H and O–H groups in total. The van der Waals surface area contributed by atoms with Gasteiger partial charge in [0.25, 0.3) is 0 Å². The van der Waals surface area contributed by atoms with Gasteiger partial charge in [-0.25, -0.2) is 8.42 Å². The maximum atomic E-state index is 12.5.